The number of carbonyl (C=O) groups excluding carboxylic acids is 2. The summed E-state index contributed by atoms with van der Waals surface area (Å²) in [5.74, 6) is 0.871. The SMILES string of the molecule is CC(=O)N1CCN(C(=O)CC2CCC(N)CC2)CC1. The molecule has 2 N–H and O–H groups in total. The lowest BCUT2D eigenvalue weighted by Crippen LogP contribution is -2.50. The minimum absolute atomic E-state index is 0.105. The third-order valence-corrected chi connectivity index (χ3v) is 4.43. The predicted molar refractivity (Wildman–Crippen MR) is 73.4 cm³/mol. The van der Waals surface area contributed by atoms with Crippen LogP contribution in [-0.4, -0.2) is 53.8 Å². The molecule has 0 aromatic carbocycles. The maximum atomic E-state index is 12.2. The van der Waals surface area contributed by atoms with E-state index >= 15 is 0 Å². The molecule has 0 bridgehead atoms. The fourth-order valence-corrected chi connectivity index (χ4v) is 3.04. The fourth-order valence-electron chi connectivity index (χ4n) is 3.04. The summed E-state index contributed by atoms with van der Waals surface area (Å²) in [5, 5.41) is 0. The van der Waals surface area contributed by atoms with Gasteiger partial charge in [-0.05, 0) is 31.6 Å². The number of hydrogen-bond acceptors (Lipinski definition) is 3. The second kappa shape index (κ2) is 6.37. The number of rotatable bonds is 2. The van der Waals surface area contributed by atoms with Gasteiger partial charge in [-0.25, -0.2) is 0 Å². The van der Waals surface area contributed by atoms with Crippen LogP contribution in [0.3, 0.4) is 0 Å². The summed E-state index contributed by atoms with van der Waals surface area (Å²) >= 11 is 0. The van der Waals surface area contributed by atoms with E-state index < -0.39 is 0 Å². The molecule has 2 rings (SSSR count). The van der Waals surface area contributed by atoms with Crippen LogP contribution in [0.4, 0.5) is 0 Å². The van der Waals surface area contributed by atoms with Crippen molar-refractivity contribution in [1.82, 2.24) is 9.80 Å². The van der Waals surface area contributed by atoms with Gasteiger partial charge in [-0.2, -0.15) is 0 Å². The van der Waals surface area contributed by atoms with Gasteiger partial charge in [-0.3, -0.25) is 9.59 Å². The van der Waals surface area contributed by atoms with Crippen LogP contribution in [0.5, 0.6) is 0 Å². The van der Waals surface area contributed by atoms with Crippen molar-refractivity contribution in [3.05, 3.63) is 0 Å². The molecule has 2 amide bonds. The highest BCUT2D eigenvalue weighted by molar-refractivity contribution is 5.77. The van der Waals surface area contributed by atoms with E-state index in [9.17, 15) is 9.59 Å². The lowest BCUT2D eigenvalue weighted by molar-refractivity contribution is -0.139. The zero-order chi connectivity index (χ0) is 13.8. The highest BCUT2D eigenvalue weighted by atomic mass is 16.2. The van der Waals surface area contributed by atoms with Gasteiger partial charge in [-0.15, -0.1) is 0 Å². The van der Waals surface area contributed by atoms with Crippen molar-refractivity contribution in [3.63, 3.8) is 0 Å². The molecule has 1 saturated carbocycles. The Bertz CT molecular complexity index is 330. The monoisotopic (exact) mass is 267 g/mol. The van der Waals surface area contributed by atoms with Gasteiger partial charge in [-0.1, -0.05) is 0 Å². The standard InChI is InChI=1S/C14H25N3O2/c1-11(18)16-6-8-17(9-7-16)14(19)10-12-2-4-13(15)5-3-12/h12-13H,2-10,15H2,1H3. The topological polar surface area (TPSA) is 66.6 Å². The zero-order valence-electron chi connectivity index (χ0n) is 11.8. The summed E-state index contributed by atoms with van der Waals surface area (Å²) < 4.78 is 0. The number of nitrogens with zero attached hydrogens (tertiary/aromatic N) is 2. The van der Waals surface area contributed by atoms with Gasteiger partial charge in [0.1, 0.15) is 0 Å². The molecule has 5 nitrogen and oxygen atoms in total. The quantitative estimate of drug-likeness (QED) is 0.796. The van der Waals surface area contributed by atoms with E-state index in [4.69, 9.17) is 5.73 Å². The average molecular weight is 267 g/mol. The number of piperazine rings is 1. The average Bonchev–Trinajstić information content (AvgIpc) is 2.41. The summed E-state index contributed by atoms with van der Waals surface area (Å²) in [6, 6.07) is 0.338. The fraction of sp³-hybridized carbons (Fsp3) is 0.857. The highest BCUT2D eigenvalue weighted by Gasteiger charge is 2.26. The number of carbonyl (C=O) groups is 2. The first-order valence-corrected chi connectivity index (χ1v) is 7.35. The summed E-state index contributed by atoms with van der Waals surface area (Å²) in [6.45, 7) is 4.31. The zero-order valence-corrected chi connectivity index (χ0v) is 11.8. The van der Waals surface area contributed by atoms with Crippen LogP contribution in [0, 0.1) is 5.92 Å². The molecule has 19 heavy (non-hydrogen) atoms. The van der Waals surface area contributed by atoms with Crippen LogP contribution in [0.1, 0.15) is 39.0 Å². The molecule has 1 saturated heterocycles. The van der Waals surface area contributed by atoms with Crippen LogP contribution in [-0.2, 0) is 9.59 Å². The molecule has 1 aliphatic heterocycles. The van der Waals surface area contributed by atoms with Crippen molar-refractivity contribution in [2.75, 3.05) is 26.2 Å². The van der Waals surface area contributed by atoms with E-state index in [1.165, 1.54) is 0 Å². The van der Waals surface area contributed by atoms with Gasteiger partial charge in [0, 0.05) is 45.6 Å². The molecule has 5 heteroatoms. The molecular weight excluding hydrogens is 242 g/mol. The van der Waals surface area contributed by atoms with Crippen molar-refractivity contribution in [1.29, 1.82) is 0 Å². The summed E-state index contributed by atoms with van der Waals surface area (Å²) in [4.78, 5) is 27.2. The van der Waals surface area contributed by atoms with E-state index in [0.717, 1.165) is 25.7 Å². The van der Waals surface area contributed by atoms with E-state index in [2.05, 4.69) is 0 Å². The second-order valence-corrected chi connectivity index (χ2v) is 5.87. The maximum absolute atomic E-state index is 12.2. The third kappa shape index (κ3) is 3.93. The molecule has 0 radical (unpaired) electrons. The van der Waals surface area contributed by atoms with Crippen molar-refractivity contribution in [2.24, 2.45) is 11.7 Å². The van der Waals surface area contributed by atoms with Crippen molar-refractivity contribution < 1.29 is 9.59 Å². The second-order valence-electron chi connectivity index (χ2n) is 5.87. The van der Waals surface area contributed by atoms with Crippen LogP contribution in [0.2, 0.25) is 0 Å². The van der Waals surface area contributed by atoms with Crippen molar-refractivity contribution in [2.45, 2.75) is 45.1 Å². The number of amides is 2. The first kappa shape index (κ1) is 14.3. The van der Waals surface area contributed by atoms with Gasteiger partial charge < -0.3 is 15.5 Å². The Morgan fingerprint density at radius 1 is 1.00 bits per heavy atom. The molecule has 1 heterocycles. The van der Waals surface area contributed by atoms with Gasteiger partial charge in [0.2, 0.25) is 11.8 Å². The van der Waals surface area contributed by atoms with Crippen molar-refractivity contribution in [3.8, 4) is 0 Å². The van der Waals surface area contributed by atoms with Crippen LogP contribution in [0.25, 0.3) is 0 Å². The highest BCUT2D eigenvalue weighted by Crippen LogP contribution is 2.26. The van der Waals surface area contributed by atoms with Crippen LogP contribution >= 0.6 is 0 Å². The summed E-state index contributed by atoms with van der Waals surface area (Å²) in [5.41, 5.74) is 5.88. The normalized spacial score (nSPS) is 28.3. The van der Waals surface area contributed by atoms with E-state index in [0.29, 0.717) is 44.6 Å². The Labute approximate surface area is 115 Å². The molecule has 2 aliphatic rings. The lowest BCUT2D eigenvalue weighted by atomic mass is 9.84. The lowest BCUT2D eigenvalue weighted by Gasteiger charge is -2.35. The molecule has 0 atom stereocenters. The molecule has 1 aliphatic carbocycles. The molecule has 0 aromatic rings. The Morgan fingerprint density at radius 2 is 1.53 bits per heavy atom. The molecule has 0 unspecified atom stereocenters. The summed E-state index contributed by atoms with van der Waals surface area (Å²) in [7, 11) is 0. The van der Waals surface area contributed by atoms with Crippen LogP contribution < -0.4 is 5.73 Å². The van der Waals surface area contributed by atoms with Gasteiger partial charge in [0.15, 0.2) is 0 Å². The molecular formula is C14H25N3O2. The first-order valence-electron chi connectivity index (χ1n) is 7.35. The number of nitrogens with two attached hydrogens (primary N) is 1. The van der Waals surface area contributed by atoms with Crippen molar-refractivity contribution >= 4 is 11.8 Å². The predicted octanol–water partition coefficient (Wildman–Crippen LogP) is 0.585. The van der Waals surface area contributed by atoms with Gasteiger partial charge in [0.05, 0.1) is 0 Å². The summed E-state index contributed by atoms with van der Waals surface area (Å²) in [6.07, 6.45) is 4.93. The minimum atomic E-state index is 0.105. The largest absolute Gasteiger partial charge is 0.339 e. The molecule has 2 fully saturated rings. The van der Waals surface area contributed by atoms with Crippen LogP contribution in [0.15, 0.2) is 0 Å². The van der Waals surface area contributed by atoms with E-state index in [1.54, 1.807) is 6.92 Å². The third-order valence-electron chi connectivity index (χ3n) is 4.43. The van der Waals surface area contributed by atoms with Gasteiger partial charge in [0.25, 0.3) is 0 Å². The molecule has 108 valence electrons. The Hall–Kier alpha value is -1.10. The Kier molecular flexibility index (Phi) is 4.80. The van der Waals surface area contributed by atoms with Gasteiger partial charge >= 0.3 is 0 Å². The van der Waals surface area contributed by atoms with E-state index in [1.807, 2.05) is 9.80 Å². The maximum Gasteiger partial charge on any atom is 0.222 e. The Morgan fingerprint density at radius 3 is 2.05 bits per heavy atom. The Balaban J connectivity index is 1.74. The number of hydrogen-bond donors (Lipinski definition) is 1. The smallest absolute Gasteiger partial charge is 0.222 e. The van der Waals surface area contributed by atoms with E-state index in [-0.39, 0.29) is 11.8 Å². The molecule has 0 aromatic heterocycles. The molecule has 0 spiro atoms. The first-order chi connectivity index (χ1) is 9.06. The minimum Gasteiger partial charge on any atom is -0.339 e.